The molecule has 1 N–H and O–H groups in total. The van der Waals surface area contributed by atoms with Crippen molar-refractivity contribution in [1.82, 2.24) is 20.3 Å². The normalized spacial score (nSPS) is 27.9. The lowest BCUT2D eigenvalue weighted by molar-refractivity contribution is 0.0613. The number of nitrogens with one attached hydrogen (secondary N) is 1. The summed E-state index contributed by atoms with van der Waals surface area (Å²) in [6.45, 7) is 0.961. The molecule has 1 aliphatic carbocycles. The zero-order valence-electron chi connectivity index (χ0n) is 18.9. The monoisotopic (exact) mass is 439 g/mol. The van der Waals surface area contributed by atoms with Gasteiger partial charge < -0.3 is 19.7 Å². The summed E-state index contributed by atoms with van der Waals surface area (Å²) < 4.78 is 14.0. The minimum atomic E-state index is -0.170. The van der Waals surface area contributed by atoms with Crippen molar-refractivity contribution in [3.05, 3.63) is 41.7 Å². The van der Waals surface area contributed by atoms with Crippen molar-refractivity contribution >= 4 is 11.6 Å². The zero-order valence-corrected chi connectivity index (χ0v) is 18.9. The number of hydrogen-bond acceptors (Lipinski definition) is 6. The number of aromatic nitrogens is 3. The van der Waals surface area contributed by atoms with Crippen LogP contribution in [0.15, 0.2) is 30.5 Å². The zero-order chi connectivity index (χ0) is 22.1. The number of carbonyl (C=O) groups is 1. The minimum absolute atomic E-state index is 0.00566. The molecular weight excluding hydrogens is 406 g/mol. The van der Waals surface area contributed by atoms with Gasteiger partial charge in [0.2, 0.25) is 0 Å². The van der Waals surface area contributed by atoms with Crippen LogP contribution in [-0.2, 0) is 15.9 Å². The van der Waals surface area contributed by atoms with Crippen molar-refractivity contribution in [3.8, 4) is 0 Å². The van der Waals surface area contributed by atoms with E-state index in [1.54, 1.807) is 0 Å². The molecule has 1 aromatic heterocycles. The van der Waals surface area contributed by atoms with E-state index in [1.807, 2.05) is 47.9 Å². The molecule has 172 valence electrons. The van der Waals surface area contributed by atoms with Gasteiger partial charge in [0.05, 0.1) is 24.9 Å². The van der Waals surface area contributed by atoms with Gasteiger partial charge in [0.15, 0.2) is 0 Å². The Balaban J connectivity index is 1.19. The van der Waals surface area contributed by atoms with Crippen LogP contribution in [0.5, 0.6) is 0 Å². The van der Waals surface area contributed by atoms with Crippen molar-refractivity contribution in [2.45, 2.75) is 62.8 Å². The summed E-state index contributed by atoms with van der Waals surface area (Å²) in [5.41, 5.74) is 2.75. The van der Waals surface area contributed by atoms with Crippen molar-refractivity contribution < 1.29 is 14.3 Å². The summed E-state index contributed by atoms with van der Waals surface area (Å²) in [5, 5.41) is 11.9. The van der Waals surface area contributed by atoms with Crippen molar-refractivity contribution in [2.75, 3.05) is 32.2 Å². The Labute approximate surface area is 189 Å². The molecule has 1 saturated carbocycles. The predicted molar refractivity (Wildman–Crippen MR) is 121 cm³/mol. The van der Waals surface area contributed by atoms with E-state index in [0.29, 0.717) is 18.8 Å². The SMILES string of the molecule is CN(C)c1ccc(C(=O)N[C@H]2CO[C@H]3[C@@H]2OC[C@@H]3n2cc(CC3CCCCC3)nn2)cc1. The topological polar surface area (TPSA) is 81.5 Å². The summed E-state index contributed by atoms with van der Waals surface area (Å²) in [7, 11) is 3.96. The number of carbonyl (C=O) groups excluding carboxylic acids is 1. The van der Waals surface area contributed by atoms with Crippen LogP contribution in [-0.4, -0.2) is 66.5 Å². The highest BCUT2D eigenvalue weighted by Crippen LogP contribution is 2.34. The lowest BCUT2D eigenvalue weighted by Gasteiger charge is -2.20. The number of anilines is 1. The maximum atomic E-state index is 12.8. The van der Waals surface area contributed by atoms with Gasteiger partial charge in [-0.1, -0.05) is 37.3 Å². The molecule has 8 nitrogen and oxygen atoms in total. The molecule has 0 bridgehead atoms. The van der Waals surface area contributed by atoms with Gasteiger partial charge in [0.25, 0.3) is 5.91 Å². The number of benzene rings is 1. The molecule has 3 aliphatic rings. The third-order valence-electron chi connectivity index (χ3n) is 7.11. The fourth-order valence-electron chi connectivity index (χ4n) is 5.25. The van der Waals surface area contributed by atoms with Crippen LogP contribution < -0.4 is 10.2 Å². The Kier molecular flexibility index (Phi) is 6.15. The van der Waals surface area contributed by atoms with Gasteiger partial charge in [-0.3, -0.25) is 4.79 Å². The van der Waals surface area contributed by atoms with Crippen LogP contribution in [0.2, 0.25) is 0 Å². The Morgan fingerprint density at radius 1 is 1.09 bits per heavy atom. The van der Waals surface area contributed by atoms with Crippen molar-refractivity contribution in [1.29, 1.82) is 0 Å². The van der Waals surface area contributed by atoms with Gasteiger partial charge in [0, 0.05) is 31.5 Å². The number of rotatable bonds is 6. The van der Waals surface area contributed by atoms with Gasteiger partial charge in [-0.15, -0.1) is 5.10 Å². The molecule has 0 radical (unpaired) electrons. The summed E-state index contributed by atoms with van der Waals surface area (Å²) in [4.78, 5) is 14.8. The first-order valence-electron chi connectivity index (χ1n) is 11.8. The molecule has 0 unspecified atom stereocenters. The number of nitrogens with zero attached hydrogens (tertiary/aromatic N) is 4. The molecule has 2 aliphatic heterocycles. The number of amides is 1. The van der Waals surface area contributed by atoms with Crippen LogP contribution in [0.1, 0.15) is 54.2 Å². The van der Waals surface area contributed by atoms with Gasteiger partial charge in [-0.05, 0) is 36.6 Å². The van der Waals surface area contributed by atoms with E-state index < -0.39 is 0 Å². The Morgan fingerprint density at radius 2 is 1.84 bits per heavy atom. The highest BCUT2D eigenvalue weighted by Gasteiger charge is 2.49. The molecule has 3 heterocycles. The molecule has 1 amide bonds. The maximum Gasteiger partial charge on any atom is 0.251 e. The average molecular weight is 440 g/mol. The smallest absolute Gasteiger partial charge is 0.251 e. The lowest BCUT2D eigenvalue weighted by Crippen LogP contribution is -2.44. The minimum Gasteiger partial charge on any atom is -0.378 e. The fraction of sp³-hybridized carbons (Fsp3) is 0.625. The second-order valence-corrected chi connectivity index (χ2v) is 9.58. The van der Waals surface area contributed by atoms with Gasteiger partial charge >= 0.3 is 0 Å². The standard InChI is InChI=1S/C24H33N5O3/c1-28(2)19-10-8-17(9-11-19)24(30)25-20-14-31-23-21(15-32-22(20)23)29-13-18(26-27-29)12-16-6-4-3-5-7-16/h8-11,13,16,20-23H,3-7,12,14-15H2,1-2H3,(H,25,30)/t20-,21-,22+,23+/m0/s1. The van der Waals surface area contributed by atoms with E-state index in [-0.39, 0.29) is 30.2 Å². The van der Waals surface area contributed by atoms with Crippen LogP contribution >= 0.6 is 0 Å². The highest BCUT2D eigenvalue weighted by atomic mass is 16.6. The summed E-state index contributed by atoms with van der Waals surface area (Å²) in [6, 6.07) is 7.41. The number of ether oxygens (including phenoxy) is 2. The van der Waals surface area contributed by atoms with Crippen LogP contribution in [0.3, 0.4) is 0 Å². The van der Waals surface area contributed by atoms with E-state index in [2.05, 4.69) is 21.8 Å². The summed E-state index contributed by atoms with van der Waals surface area (Å²) in [5.74, 6) is 0.628. The molecule has 4 atom stereocenters. The first kappa shape index (κ1) is 21.4. The van der Waals surface area contributed by atoms with Crippen LogP contribution in [0.25, 0.3) is 0 Å². The van der Waals surface area contributed by atoms with E-state index in [9.17, 15) is 4.79 Å². The Hall–Kier alpha value is -2.45. The highest BCUT2D eigenvalue weighted by molar-refractivity contribution is 5.94. The van der Waals surface area contributed by atoms with Gasteiger partial charge in [0.1, 0.15) is 18.2 Å². The average Bonchev–Trinajstić information content (AvgIpc) is 3.52. The lowest BCUT2D eigenvalue weighted by atomic mass is 9.86. The first-order valence-corrected chi connectivity index (χ1v) is 11.8. The fourth-order valence-corrected chi connectivity index (χ4v) is 5.25. The molecule has 2 saturated heterocycles. The summed E-state index contributed by atoms with van der Waals surface area (Å²) >= 11 is 0. The molecule has 0 spiro atoms. The third kappa shape index (κ3) is 4.38. The molecule has 8 heteroatoms. The van der Waals surface area contributed by atoms with Crippen LogP contribution in [0, 0.1) is 5.92 Å². The molecule has 2 aromatic rings. The predicted octanol–water partition coefficient (Wildman–Crippen LogP) is 2.60. The quantitative estimate of drug-likeness (QED) is 0.745. The van der Waals surface area contributed by atoms with E-state index in [1.165, 1.54) is 32.1 Å². The van der Waals surface area contributed by atoms with E-state index >= 15 is 0 Å². The number of fused-ring (bicyclic) bond motifs is 1. The molecule has 1 aromatic carbocycles. The molecule has 32 heavy (non-hydrogen) atoms. The number of hydrogen-bond donors (Lipinski definition) is 1. The first-order chi connectivity index (χ1) is 15.6. The maximum absolute atomic E-state index is 12.8. The van der Waals surface area contributed by atoms with E-state index in [0.717, 1.165) is 23.7 Å². The second-order valence-electron chi connectivity index (χ2n) is 9.58. The Bertz CT molecular complexity index is 922. The molecular formula is C24H33N5O3. The third-order valence-corrected chi connectivity index (χ3v) is 7.11. The molecule has 3 fully saturated rings. The van der Waals surface area contributed by atoms with Gasteiger partial charge in [-0.25, -0.2) is 4.68 Å². The van der Waals surface area contributed by atoms with Crippen molar-refractivity contribution in [2.24, 2.45) is 5.92 Å². The van der Waals surface area contributed by atoms with Crippen LogP contribution in [0.4, 0.5) is 5.69 Å². The van der Waals surface area contributed by atoms with Gasteiger partial charge in [-0.2, -0.15) is 0 Å². The largest absolute Gasteiger partial charge is 0.378 e. The van der Waals surface area contributed by atoms with Crippen molar-refractivity contribution in [3.63, 3.8) is 0 Å². The second kappa shape index (κ2) is 9.19. The Morgan fingerprint density at radius 3 is 2.59 bits per heavy atom. The molecule has 5 rings (SSSR count). The summed E-state index contributed by atoms with van der Waals surface area (Å²) in [6.07, 6.45) is 9.40. The van der Waals surface area contributed by atoms with E-state index in [4.69, 9.17) is 9.47 Å².